The molecule has 3 aromatic rings. The molecule has 1 aliphatic rings. The van der Waals surface area contributed by atoms with Crippen LogP contribution in [-0.4, -0.2) is 55.7 Å². The summed E-state index contributed by atoms with van der Waals surface area (Å²) in [7, 11) is 0. The Morgan fingerprint density at radius 2 is 1.12 bits per heavy atom. The van der Waals surface area contributed by atoms with Crippen molar-refractivity contribution >= 4 is 41.0 Å². The maximum Gasteiger partial charge on any atom is 0.338 e. The topological polar surface area (TPSA) is 169 Å². The van der Waals surface area contributed by atoms with Crippen LogP contribution in [0.3, 0.4) is 0 Å². The molecule has 1 aliphatic heterocycles. The molecular weight excluding hydrogens is 442 g/mol. The summed E-state index contributed by atoms with van der Waals surface area (Å²) in [5.41, 5.74) is 1.68. The Labute approximate surface area is 191 Å². The van der Waals surface area contributed by atoms with Crippen LogP contribution in [-0.2, 0) is 0 Å². The number of aliphatic imine (C=N–C) groups is 3. The SMILES string of the molecule is O=C(O)c1ccc(C2=NC(=Nc3ccc(O)cc3C(=O)O)N=C2c2ccc(C(=O)O)cc2)cc1. The number of carboxylic acids is 3. The molecule has 0 aliphatic carbocycles. The average Bonchev–Trinajstić information content (AvgIpc) is 3.24. The summed E-state index contributed by atoms with van der Waals surface area (Å²) in [6, 6.07) is 15.5. The van der Waals surface area contributed by atoms with Crippen LogP contribution >= 0.6 is 0 Å². The lowest BCUT2D eigenvalue weighted by Gasteiger charge is -2.06. The molecule has 1 heterocycles. The van der Waals surface area contributed by atoms with Crippen molar-refractivity contribution < 1.29 is 34.8 Å². The number of aromatic carboxylic acids is 3. The second kappa shape index (κ2) is 8.79. The fourth-order valence-corrected chi connectivity index (χ4v) is 3.23. The Balaban J connectivity index is 1.83. The number of rotatable bonds is 6. The van der Waals surface area contributed by atoms with Gasteiger partial charge in [-0.2, -0.15) is 0 Å². The third-order valence-corrected chi connectivity index (χ3v) is 4.89. The molecule has 4 N–H and O–H groups in total. The van der Waals surface area contributed by atoms with Gasteiger partial charge in [0.2, 0.25) is 0 Å². The summed E-state index contributed by atoms with van der Waals surface area (Å²) in [5, 5.41) is 37.3. The van der Waals surface area contributed by atoms with E-state index in [0.717, 1.165) is 6.07 Å². The zero-order chi connectivity index (χ0) is 24.4. The van der Waals surface area contributed by atoms with Gasteiger partial charge in [0.1, 0.15) is 17.2 Å². The van der Waals surface area contributed by atoms with Gasteiger partial charge >= 0.3 is 17.9 Å². The molecule has 34 heavy (non-hydrogen) atoms. The minimum Gasteiger partial charge on any atom is -0.508 e. The highest BCUT2D eigenvalue weighted by molar-refractivity contribution is 6.58. The predicted molar refractivity (Wildman–Crippen MR) is 122 cm³/mol. The van der Waals surface area contributed by atoms with Gasteiger partial charge in [-0.05, 0) is 42.5 Å². The Kier molecular flexibility index (Phi) is 5.71. The molecule has 0 atom stereocenters. The molecule has 0 amide bonds. The highest BCUT2D eigenvalue weighted by Crippen LogP contribution is 2.26. The first-order valence-electron chi connectivity index (χ1n) is 9.73. The van der Waals surface area contributed by atoms with E-state index in [0.29, 0.717) is 22.6 Å². The van der Waals surface area contributed by atoms with E-state index in [-0.39, 0.29) is 34.1 Å². The largest absolute Gasteiger partial charge is 0.508 e. The number of benzene rings is 3. The van der Waals surface area contributed by atoms with Crippen LogP contribution in [0.25, 0.3) is 0 Å². The Hall–Kier alpha value is -5.12. The number of hydrogen-bond donors (Lipinski definition) is 4. The van der Waals surface area contributed by atoms with Crippen LogP contribution in [0.5, 0.6) is 5.75 Å². The molecule has 0 bridgehead atoms. The summed E-state index contributed by atoms with van der Waals surface area (Å²) in [6.07, 6.45) is 0. The van der Waals surface area contributed by atoms with Gasteiger partial charge in [-0.3, -0.25) is 0 Å². The van der Waals surface area contributed by atoms with E-state index in [1.54, 1.807) is 24.3 Å². The fourth-order valence-electron chi connectivity index (χ4n) is 3.23. The molecule has 10 nitrogen and oxygen atoms in total. The van der Waals surface area contributed by atoms with Crippen LogP contribution in [0.15, 0.2) is 81.7 Å². The predicted octanol–water partition coefficient (Wildman–Crippen LogP) is 3.47. The molecule has 10 heteroatoms. The minimum atomic E-state index is -1.30. The van der Waals surface area contributed by atoms with E-state index in [1.165, 1.54) is 36.4 Å². The Morgan fingerprint density at radius 3 is 1.53 bits per heavy atom. The number of guanidine groups is 1. The molecule has 3 aromatic carbocycles. The van der Waals surface area contributed by atoms with Crippen LogP contribution in [0.2, 0.25) is 0 Å². The molecule has 0 fully saturated rings. The smallest absolute Gasteiger partial charge is 0.338 e. The molecule has 0 saturated heterocycles. The van der Waals surface area contributed by atoms with Crippen molar-refractivity contribution in [1.29, 1.82) is 0 Å². The molecule has 0 radical (unpaired) electrons. The van der Waals surface area contributed by atoms with Crippen molar-refractivity contribution in [2.75, 3.05) is 0 Å². The maximum absolute atomic E-state index is 11.5. The molecule has 0 aromatic heterocycles. The lowest BCUT2D eigenvalue weighted by molar-refractivity contribution is 0.0686. The van der Waals surface area contributed by atoms with Crippen LogP contribution in [0.4, 0.5) is 5.69 Å². The summed E-state index contributed by atoms with van der Waals surface area (Å²) in [5.74, 6) is -3.78. The highest BCUT2D eigenvalue weighted by atomic mass is 16.4. The zero-order valence-corrected chi connectivity index (χ0v) is 17.2. The lowest BCUT2D eigenvalue weighted by atomic mass is 9.98. The molecule has 0 unspecified atom stereocenters. The van der Waals surface area contributed by atoms with Crippen molar-refractivity contribution in [2.45, 2.75) is 0 Å². The third kappa shape index (κ3) is 4.41. The first kappa shape index (κ1) is 22.1. The number of hydrogen-bond acceptors (Lipinski definition) is 5. The van der Waals surface area contributed by atoms with E-state index < -0.39 is 17.9 Å². The Bertz CT molecular complexity index is 1340. The van der Waals surface area contributed by atoms with Gasteiger partial charge in [0, 0.05) is 11.1 Å². The van der Waals surface area contributed by atoms with E-state index in [1.807, 2.05) is 0 Å². The van der Waals surface area contributed by atoms with Crippen LogP contribution in [0, 0.1) is 0 Å². The van der Waals surface area contributed by atoms with E-state index >= 15 is 0 Å². The first-order valence-corrected chi connectivity index (χ1v) is 9.73. The van der Waals surface area contributed by atoms with Crippen LogP contribution < -0.4 is 0 Å². The molecular formula is C24H15N3O7. The standard InChI is InChI=1S/C24H15N3O7/c28-16-9-10-18(17(11-16)23(33)34)25-24-26-19(12-1-5-14(6-2-12)21(29)30)20(27-24)13-3-7-15(8-4-13)22(31)32/h1-11,28H,(H,29,30)(H,31,32)(H,33,34). The average molecular weight is 457 g/mol. The van der Waals surface area contributed by atoms with Gasteiger partial charge < -0.3 is 20.4 Å². The third-order valence-electron chi connectivity index (χ3n) is 4.89. The van der Waals surface area contributed by atoms with Crippen molar-refractivity contribution in [3.8, 4) is 5.75 Å². The van der Waals surface area contributed by atoms with Gasteiger partial charge in [-0.15, -0.1) is 0 Å². The lowest BCUT2D eigenvalue weighted by Crippen LogP contribution is -2.14. The number of carboxylic acid groups (broad SMARTS) is 3. The van der Waals surface area contributed by atoms with E-state index in [2.05, 4.69) is 15.0 Å². The summed E-state index contributed by atoms with van der Waals surface area (Å²) >= 11 is 0. The van der Waals surface area contributed by atoms with Crippen molar-refractivity contribution in [1.82, 2.24) is 0 Å². The second-order valence-corrected chi connectivity index (χ2v) is 7.10. The number of nitrogens with zero attached hydrogens (tertiary/aromatic N) is 3. The molecule has 0 saturated carbocycles. The molecule has 168 valence electrons. The van der Waals surface area contributed by atoms with E-state index in [4.69, 9.17) is 10.2 Å². The number of aromatic hydroxyl groups is 1. The summed E-state index contributed by atoms with van der Waals surface area (Å²) in [6.45, 7) is 0. The minimum absolute atomic E-state index is 0.0239. The van der Waals surface area contributed by atoms with Crippen molar-refractivity contribution in [3.05, 3.63) is 94.5 Å². The van der Waals surface area contributed by atoms with Crippen molar-refractivity contribution in [2.24, 2.45) is 15.0 Å². The van der Waals surface area contributed by atoms with Gasteiger partial charge in [0.25, 0.3) is 5.96 Å². The van der Waals surface area contributed by atoms with Crippen LogP contribution in [0.1, 0.15) is 42.2 Å². The monoisotopic (exact) mass is 457 g/mol. The molecule has 0 spiro atoms. The summed E-state index contributed by atoms with van der Waals surface area (Å²) < 4.78 is 0. The molecule has 4 rings (SSSR count). The van der Waals surface area contributed by atoms with Gasteiger partial charge in [-0.25, -0.2) is 29.4 Å². The van der Waals surface area contributed by atoms with Gasteiger partial charge in [0.15, 0.2) is 0 Å². The van der Waals surface area contributed by atoms with Gasteiger partial charge in [0.05, 0.1) is 22.4 Å². The Morgan fingerprint density at radius 1 is 0.647 bits per heavy atom. The normalized spacial score (nSPS) is 12.6. The maximum atomic E-state index is 11.5. The zero-order valence-electron chi connectivity index (χ0n) is 17.2. The first-order chi connectivity index (χ1) is 16.2. The number of phenols is 1. The number of phenolic OH excluding ortho intramolecular Hbond substituents is 1. The number of carbonyl (C=O) groups is 3. The van der Waals surface area contributed by atoms with Gasteiger partial charge in [-0.1, -0.05) is 24.3 Å². The van der Waals surface area contributed by atoms with Crippen molar-refractivity contribution in [3.63, 3.8) is 0 Å². The fraction of sp³-hybridized carbons (Fsp3) is 0. The second-order valence-electron chi connectivity index (χ2n) is 7.10. The van der Waals surface area contributed by atoms with E-state index in [9.17, 15) is 24.6 Å². The highest BCUT2D eigenvalue weighted by Gasteiger charge is 2.23. The quantitative estimate of drug-likeness (QED) is 0.439. The summed E-state index contributed by atoms with van der Waals surface area (Å²) in [4.78, 5) is 47.0.